The van der Waals surface area contributed by atoms with Crippen LogP contribution in [0, 0.1) is 0 Å². The molecule has 0 radical (unpaired) electrons. The number of H-pyrrole nitrogens is 2. The number of nitrogens with one attached hydrogen (secondary N) is 2. The maximum Gasteiger partial charge on any atom is 0.340 e. The number of fused-ring (bicyclic) bond motifs is 2. The average Bonchev–Trinajstić information content (AvgIpc) is 3.16. The molecule has 5 nitrogen and oxygen atoms in total. The Bertz CT molecular complexity index is 935. The fourth-order valence-electron chi connectivity index (χ4n) is 2.53. The van der Waals surface area contributed by atoms with E-state index in [9.17, 15) is 4.79 Å². The summed E-state index contributed by atoms with van der Waals surface area (Å²) in [6.45, 7) is 0.118. The molecule has 22 heavy (non-hydrogen) atoms. The predicted octanol–water partition coefficient (Wildman–Crippen LogP) is 3.40. The Hall–Kier alpha value is -3.08. The van der Waals surface area contributed by atoms with Crippen LogP contribution in [0.2, 0.25) is 0 Å². The fraction of sp³-hybridized carbons (Fsp3) is 0.0588. The maximum atomic E-state index is 12.2. The van der Waals surface area contributed by atoms with Gasteiger partial charge in [-0.1, -0.05) is 30.3 Å². The van der Waals surface area contributed by atoms with Gasteiger partial charge in [-0.15, -0.1) is 0 Å². The van der Waals surface area contributed by atoms with Crippen molar-refractivity contribution < 1.29 is 9.53 Å². The molecule has 4 rings (SSSR count). The predicted molar refractivity (Wildman–Crippen MR) is 83.5 cm³/mol. The second-order valence-electron chi connectivity index (χ2n) is 5.02. The number of aromatic nitrogens is 3. The first-order chi connectivity index (χ1) is 10.8. The maximum absolute atomic E-state index is 12.2. The lowest BCUT2D eigenvalue weighted by Gasteiger charge is -2.01. The minimum absolute atomic E-state index is 0.118. The molecule has 0 amide bonds. The van der Waals surface area contributed by atoms with E-state index in [4.69, 9.17) is 4.74 Å². The zero-order valence-corrected chi connectivity index (χ0v) is 11.7. The van der Waals surface area contributed by atoms with Crippen LogP contribution in [0.1, 0.15) is 16.2 Å². The van der Waals surface area contributed by atoms with Gasteiger partial charge in [0.25, 0.3) is 0 Å². The smallest absolute Gasteiger partial charge is 0.340 e. The zero-order valence-electron chi connectivity index (χ0n) is 11.7. The number of carbonyl (C=O) groups excluding carboxylic acids is 1. The number of rotatable bonds is 3. The van der Waals surface area contributed by atoms with Crippen molar-refractivity contribution in [1.82, 2.24) is 15.0 Å². The second kappa shape index (κ2) is 5.04. The summed E-state index contributed by atoms with van der Waals surface area (Å²) >= 11 is 0. The Morgan fingerprint density at radius 2 is 1.82 bits per heavy atom. The van der Waals surface area contributed by atoms with Crippen LogP contribution in [0.5, 0.6) is 0 Å². The number of esters is 1. The van der Waals surface area contributed by atoms with E-state index in [1.807, 2.05) is 48.5 Å². The van der Waals surface area contributed by atoms with Gasteiger partial charge in [-0.3, -0.25) is 0 Å². The molecule has 108 valence electrons. The van der Waals surface area contributed by atoms with Crippen LogP contribution >= 0.6 is 0 Å². The standard InChI is InChI=1S/C17H13N3O2/c21-17(12-9-18-13-6-2-1-5-11(12)13)22-10-16-19-14-7-3-4-8-15(14)20-16/h1-9,18H,10H2,(H,19,20). The molecule has 0 unspecified atom stereocenters. The van der Waals surface area contributed by atoms with E-state index in [2.05, 4.69) is 15.0 Å². The third-order valence-electron chi connectivity index (χ3n) is 3.59. The number of nitrogens with zero attached hydrogens (tertiary/aromatic N) is 1. The van der Waals surface area contributed by atoms with E-state index < -0.39 is 0 Å². The number of aromatic amines is 2. The third kappa shape index (κ3) is 2.13. The fourth-order valence-corrected chi connectivity index (χ4v) is 2.53. The van der Waals surface area contributed by atoms with Crippen molar-refractivity contribution in [3.05, 3.63) is 66.1 Å². The molecular formula is C17H13N3O2. The first-order valence-electron chi connectivity index (χ1n) is 6.98. The third-order valence-corrected chi connectivity index (χ3v) is 3.59. The summed E-state index contributed by atoms with van der Waals surface area (Å²) in [6, 6.07) is 15.3. The Kier molecular flexibility index (Phi) is 2.89. The Labute approximate surface area is 125 Å². The first-order valence-corrected chi connectivity index (χ1v) is 6.98. The van der Waals surface area contributed by atoms with Gasteiger partial charge in [0.1, 0.15) is 12.4 Å². The molecule has 4 aromatic rings. The Morgan fingerprint density at radius 3 is 2.68 bits per heavy atom. The molecule has 0 fully saturated rings. The molecule has 0 aliphatic heterocycles. The monoisotopic (exact) mass is 291 g/mol. The molecule has 2 N–H and O–H groups in total. The van der Waals surface area contributed by atoms with E-state index in [-0.39, 0.29) is 12.6 Å². The van der Waals surface area contributed by atoms with Crippen molar-refractivity contribution in [2.45, 2.75) is 6.61 Å². The minimum Gasteiger partial charge on any atom is -0.454 e. The van der Waals surface area contributed by atoms with Gasteiger partial charge in [-0.25, -0.2) is 9.78 Å². The molecule has 0 saturated heterocycles. The Balaban J connectivity index is 1.54. The van der Waals surface area contributed by atoms with E-state index in [1.165, 1.54) is 0 Å². The SMILES string of the molecule is O=C(OCc1nc2ccccc2[nH]1)c1c[nH]c2ccccc12. The van der Waals surface area contributed by atoms with E-state index in [0.717, 1.165) is 21.9 Å². The van der Waals surface area contributed by atoms with E-state index >= 15 is 0 Å². The summed E-state index contributed by atoms with van der Waals surface area (Å²) in [7, 11) is 0. The highest BCUT2D eigenvalue weighted by atomic mass is 16.5. The van der Waals surface area contributed by atoms with Gasteiger partial charge in [0.15, 0.2) is 0 Å². The number of para-hydroxylation sites is 3. The summed E-state index contributed by atoms with van der Waals surface area (Å²) in [5.41, 5.74) is 3.24. The lowest BCUT2D eigenvalue weighted by atomic mass is 10.2. The number of benzene rings is 2. The van der Waals surface area contributed by atoms with Crippen molar-refractivity contribution in [2.24, 2.45) is 0 Å². The van der Waals surface area contributed by atoms with Crippen LogP contribution in [0.25, 0.3) is 21.9 Å². The normalized spacial score (nSPS) is 11.1. The van der Waals surface area contributed by atoms with Crippen molar-refractivity contribution >= 4 is 27.9 Å². The molecule has 0 saturated carbocycles. The van der Waals surface area contributed by atoms with E-state index in [0.29, 0.717) is 11.4 Å². The van der Waals surface area contributed by atoms with Gasteiger partial charge in [0.05, 0.1) is 16.6 Å². The van der Waals surface area contributed by atoms with Gasteiger partial charge in [0.2, 0.25) is 0 Å². The van der Waals surface area contributed by atoms with Crippen LogP contribution in [0.15, 0.2) is 54.7 Å². The molecule has 0 bridgehead atoms. The van der Waals surface area contributed by atoms with Gasteiger partial charge >= 0.3 is 5.97 Å². The highest BCUT2D eigenvalue weighted by molar-refractivity contribution is 6.03. The van der Waals surface area contributed by atoms with Crippen molar-refractivity contribution in [3.63, 3.8) is 0 Å². The summed E-state index contributed by atoms with van der Waals surface area (Å²) < 4.78 is 5.36. The second-order valence-corrected chi connectivity index (χ2v) is 5.02. The molecule has 5 heteroatoms. The number of hydrogen-bond acceptors (Lipinski definition) is 3. The lowest BCUT2D eigenvalue weighted by molar-refractivity contribution is 0.0466. The minimum atomic E-state index is -0.363. The van der Waals surface area contributed by atoms with Gasteiger partial charge in [0, 0.05) is 17.1 Å². The highest BCUT2D eigenvalue weighted by Gasteiger charge is 2.14. The van der Waals surface area contributed by atoms with Crippen LogP contribution in [0.4, 0.5) is 0 Å². The summed E-state index contributed by atoms with van der Waals surface area (Å²) in [6.07, 6.45) is 1.67. The summed E-state index contributed by atoms with van der Waals surface area (Å²) in [5, 5.41) is 0.858. The molecule has 2 heterocycles. The molecular weight excluding hydrogens is 278 g/mol. The van der Waals surface area contributed by atoms with Crippen molar-refractivity contribution in [1.29, 1.82) is 0 Å². The zero-order chi connectivity index (χ0) is 14.9. The van der Waals surface area contributed by atoms with Crippen LogP contribution in [0.3, 0.4) is 0 Å². The largest absolute Gasteiger partial charge is 0.454 e. The quantitative estimate of drug-likeness (QED) is 0.568. The molecule has 0 spiro atoms. The molecule has 2 aromatic heterocycles. The number of imidazole rings is 1. The molecule has 0 aliphatic rings. The topological polar surface area (TPSA) is 70.8 Å². The Morgan fingerprint density at radius 1 is 1.05 bits per heavy atom. The average molecular weight is 291 g/mol. The summed E-state index contributed by atoms with van der Waals surface area (Å²) in [4.78, 5) is 22.8. The van der Waals surface area contributed by atoms with Crippen LogP contribution < -0.4 is 0 Å². The highest BCUT2D eigenvalue weighted by Crippen LogP contribution is 2.19. The van der Waals surface area contributed by atoms with Crippen LogP contribution in [-0.4, -0.2) is 20.9 Å². The van der Waals surface area contributed by atoms with Crippen molar-refractivity contribution in [3.8, 4) is 0 Å². The van der Waals surface area contributed by atoms with Gasteiger partial charge < -0.3 is 14.7 Å². The number of hydrogen-bond donors (Lipinski definition) is 2. The van der Waals surface area contributed by atoms with E-state index in [1.54, 1.807) is 6.20 Å². The van der Waals surface area contributed by atoms with Crippen LogP contribution in [-0.2, 0) is 11.3 Å². The molecule has 0 atom stereocenters. The summed E-state index contributed by atoms with van der Waals surface area (Å²) in [5.74, 6) is 0.271. The van der Waals surface area contributed by atoms with Gasteiger partial charge in [-0.05, 0) is 18.2 Å². The molecule has 2 aromatic carbocycles. The lowest BCUT2D eigenvalue weighted by Crippen LogP contribution is -2.05. The van der Waals surface area contributed by atoms with Crippen molar-refractivity contribution in [2.75, 3.05) is 0 Å². The number of carbonyl (C=O) groups is 1. The number of ether oxygens (including phenoxy) is 1. The van der Waals surface area contributed by atoms with Gasteiger partial charge in [-0.2, -0.15) is 0 Å². The first kappa shape index (κ1) is 12.6. The molecule has 0 aliphatic carbocycles.